The third kappa shape index (κ3) is 7.45. The minimum Gasteiger partial charge on any atom is -0.490 e. The SMILES string of the molecule is CCOc1cc(/C=N/NC(=O)c2ccc(COc3ccc(-n4c(C)ccc4C)cc3)o2)cc(Cl)c1OCc1ccccc1Cl. The van der Waals surface area contributed by atoms with Gasteiger partial charge in [0.25, 0.3) is 0 Å². The van der Waals surface area contributed by atoms with E-state index in [2.05, 4.69) is 41.1 Å². The number of nitrogens with zero attached hydrogens (tertiary/aromatic N) is 2. The summed E-state index contributed by atoms with van der Waals surface area (Å²) in [4.78, 5) is 12.6. The van der Waals surface area contributed by atoms with Crippen molar-refractivity contribution < 1.29 is 23.4 Å². The molecule has 5 rings (SSSR count). The first kappa shape index (κ1) is 30.8. The molecule has 10 heteroatoms. The predicted molar refractivity (Wildman–Crippen MR) is 172 cm³/mol. The summed E-state index contributed by atoms with van der Waals surface area (Å²) in [5.41, 5.74) is 7.27. The lowest BCUT2D eigenvalue weighted by molar-refractivity contribution is 0.0923. The molecule has 0 unspecified atom stereocenters. The first-order valence-corrected chi connectivity index (χ1v) is 14.7. The van der Waals surface area contributed by atoms with Crippen LogP contribution in [0.5, 0.6) is 17.2 Å². The van der Waals surface area contributed by atoms with Gasteiger partial charge in [-0.25, -0.2) is 5.43 Å². The molecular weight excluding hydrogens is 601 g/mol. The van der Waals surface area contributed by atoms with Gasteiger partial charge in [-0.05, 0) is 93.1 Å². The van der Waals surface area contributed by atoms with Crippen LogP contribution in [0.3, 0.4) is 0 Å². The highest BCUT2D eigenvalue weighted by Crippen LogP contribution is 2.37. The molecule has 0 radical (unpaired) electrons. The van der Waals surface area contributed by atoms with E-state index in [0.29, 0.717) is 45.2 Å². The summed E-state index contributed by atoms with van der Waals surface area (Å²) in [5.74, 6) is 1.62. The van der Waals surface area contributed by atoms with Gasteiger partial charge in [-0.2, -0.15) is 5.10 Å². The molecular formula is C34H31Cl2N3O5. The van der Waals surface area contributed by atoms with Gasteiger partial charge in [0.1, 0.15) is 24.7 Å². The molecule has 0 aliphatic rings. The largest absolute Gasteiger partial charge is 0.490 e. The molecule has 0 aliphatic heterocycles. The number of hydrazone groups is 1. The number of carbonyl (C=O) groups excluding carboxylic acids is 1. The Bertz CT molecular complexity index is 1760. The Morgan fingerprint density at radius 3 is 2.36 bits per heavy atom. The van der Waals surface area contributed by atoms with E-state index >= 15 is 0 Å². The van der Waals surface area contributed by atoms with Crippen molar-refractivity contribution in [2.24, 2.45) is 5.10 Å². The Hall–Kier alpha value is -4.66. The first-order chi connectivity index (χ1) is 21.3. The molecule has 8 nitrogen and oxygen atoms in total. The standard InChI is InChI=1S/C34H31Cl2N3O5/c1-4-41-32-18-24(17-30(36)33(32)43-20-25-7-5-6-8-29(25)35)19-37-38-34(40)31-16-15-28(44-31)21-42-27-13-11-26(12-14-27)39-22(2)9-10-23(39)3/h5-19H,4,20-21H2,1-3H3,(H,38,40)/b37-19+. The highest BCUT2D eigenvalue weighted by Gasteiger charge is 2.14. The Kier molecular flexibility index (Phi) is 9.94. The maximum atomic E-state index is 12.6. The number of nitrogens with one attached hydrogen (secondary N) is 1. The van der Waals surface area contributed by atoms with Crippen LogP contribution in [0.25, 0.3) is 5.69 Å². The molecule has 5 aromatic rings. The fourth-order valence-electron chi connectivity index (χ4n) is 4.55. The maximum Gasteiger partial charge on any atom is 0.307 e. The summed E-state index contributed by atoms with van der Waals surface area (Å²) >= 11 is 12.8. The Labute approximate surface area is 265 Å². The number of hydrogen-bond acceptors (Lipinski definition) is 6. The van der Waals surface area contributed by atoms with Gasteiger partial charge in [0.2, 0.25) is 0 Å². The van der Waals surface area contributed by atoms with Crippen LogP contribution < -0.4 is 19.6 Å². The summed E-state index contributed by atoms with van der Waals surface area (Å²) in [6.45, 7) is 6.79. The molecule has 226 valence electrons. The second kappa shape index (κ2) is 14.2. The Morgan fingerprint density at radius 2 is 1.64 bits per heavy atom. The van der Waals surface area contributed by atoms with Crippen LogP contribution in [0.15, 0.2) is 94.4 Å². The number of aromatic nitrogens is 1. The molecule has 0 saturated carbocycles. The van der Waals surface area contributed by atoms with Gasteiger partial charge in [0.05, 0.1) is 17.8 Å². The fraction of sp³-hybridized carbons (Fsp3) is 0.176. The number of furan rings is 1. The van der Waals surface area contributed by atoms with Crippen molar-refractivity contribution in [3.8, 4) is 22.9 Å². The van der Waals surface area contributed by atoms with Crippen LogP contribution in [-0.2, 0) is 13.2 Å². The van der Waals surface area contributed by atoms with E-state index in [0.717, 1.165) is 22.6 Å². The molecule has 0 atom stereocenters. The van der Waals surface area contributed by atoms with Gasteiger partial charge in [-0.15, -0.1) is 0 Å². The fourth-order valence-corrected chi connectivity index (χ4v) is 5.01. The van der Waals surface area contributed by atoms with Gasteiger partial charge >= 0.3 is 5.91 Å². The lowest BCUT2D eigenvalue weighted by atomic mass is 10.2. The smallest absolute Gasteiger partial charge is 0.307 e. The summed E-state index contributed by atoms with van der Waals surface area (Å²) < 4.78 is 25.4. The summed E-state index contributed by atoms with van der Waals surface area (Å²) in [7, 11) is 0. The van der Waals surface area contributed by atoms with Crippen molar-refractivity contribution in [3.05, 3.63) is 129 Å². The number of halogens is 2. The van der Waals surface area contributed by atoms with E-state index in [4.69, 9.17) is 41.8 Å². The highest BCUT2D eigenvalue weighted by molar-refractivity contribution is 6.32. The molecule has 0 aliphatic carbocycles. The van der Waals surface area contributed by atoms with Crippen LogP contribution in [-0.4, -0.2) is 23.3 Å². The maximum absolute atomic E-state index is 12.6. The third-order valence-corrected chi connectivity index (χ3v) is 7.32. The van der Waals surface area contributed by atoms with E-state index in [1.165, 1.54) is 6.21 Å². The van der Waals surface area contributed by atoms with Crippen LogP contribution in [0, 0.1) is 13.8 Å². The molecule has 44 heavy (non-hydrogen) atoms. The zero-order chi connectivity index (χ0) is 31.1. The van der Waals surface area contributed by atoms with Crippen molar-refractivity contribution in [1.29, 1.82) is 0 Å². The van der Waals surface area contributed by atoms with Gasteiger partial charge in [-0.3, -0.25) is 4.79 Å². The van der Waals surface area contributed by atoms with Crippen molar-refractivity contribution >= 4 is 35.3 Å². The van der Waals surface area contributed by atoms with E-state index in [1.807, 2.05) is 49.4 Å². The lowest BCUT2D eigenvalue weighted by Crippen LogP contribution is -2.16. The van der Waals surface area contributed by atoms with E-state index in [-0.39, 0.29) is 19.0 Å². The second-order valence-electron chi connectivity index (χ2n) is 9.84. The lowest BCUT2D eigenvalue weighted by Gasteiger charge is -2.15. The van der Waals surface area contributed by atoms with Crippen molar-refractivity contribution in [2.75, 3.05) is 6.61 Å². The quantitative estimate of drug-likeness (QED) is 0.110. The normalized spacial score (nSPS) is 11.1. The summed E-state index contributed by atoms with van der Waals surface area (Å²) in [5, 5.41) is 4.98. The molecule has 0 spiro atoms. The van der Waals surface area contributed by atoms with Gasteiger partial charge in [-0.1, -0.05) is 41.4 Å². The average Bonchev–Trinajstić information content (AvgIpc) is 3.63. The summed E-state index contributed by atoms with van der Waals surface area (Å²) in [6, 6.07) is 26.0. The van der Waals surface area contributed by atoms with E-state index in [9.17, 15) is 4.79 Å². The molecule has 1 N–H and O–H groups in total. The number of aryl methyl sites for hydroxylation is 2. The van der Waals surface area contributed by atoms with Crippen LogP contribution in [0.4, 0.5) is 0 Å². The number of ether oxygens (including phenoxy) is 3. The van der Waals surface area contributed by atoms with Crippen molar-refractivity contribution in [2.45, 2.75) is 34.0 Å². The van der Waals surface area contributed by atoms with Crippen LogP contribution in [0.1, 0.15) is 45.8 Å². The van der Waals surface area contributed by atoms with Gasteiger partial charge in [0.15, 0.2) is 17.3 Å². The predicted octanol–water partition coefficient (Wildman–Crippen LogP) is 8.31. The zero-order valence-corrected chi connectivity index (χ0v) is 26.0. The van der Waals surface area contributed by atoms with E-state index < -0.39 is 5.91 Å². The number of hydrogen-bond donors (Lipinski definition) is 1. The third-order valence-electron chi connectivity index (χ3n) is 6.67. The van der Waals surface area contributed by atoms with Crippen LogP contribution >= 0.6 is 23.2 Å². The summed E-state index contributed by atoms with van der Waals surface area (Å²) in [6.07, 6.45) is 1.46. The Balaban J connectivity index is 1.16. The minimum atomic E-state index is -0.509. The minimum absolute atomic E-state index is 0.103. The molecule has 1 amide bonds. The Morgan fingerprint density at radius 1 is 0.886 bits per heavy atom. The molecule has 0 saturated heterocycles. The molecule has 0 fully saturated rings. The number of amides is 1. The molecule has 2 heterocycles. The monoisotopic (exact) mass is 631 g/mol. The molecule has 0 bridgehead atoms. The number of carbonyl (C=O) groups is 1. The van der Waals surface area contributed by atoms with Crippen molar-refractivity contribution in [3.63, 3.8) is 0 Å². The molecule has 3 aromatic carbocycles. The molecule has 2 aromatic heterocycles. The number of rotatable bonds is 12. The van der Waals surface area contributed by atoms with Gasteiger partial charge in [0, 0.05) is 27.7 Å². The highest BCUT2D eigenvalue weighted by atomic mass is 35.5. The average molecular weight is 633 g/mol. The van der Waals surface area contributed by atoms with E-state index in [1.54, 1.807) is 30.3 Å². The van der Waals surface area contributed by atoms with Crippen molar-refractivity contribution in [1.82, 2.24) is 9.99 Å². The first-order valence-electron chi connectivity index (χ1n) is 13.9. The van der Waals surface area contributed by atoms with Crippen LogP contribution in [0.2, 0.25) is 10.0 Å². The van der Waals surface area contributed by atoms with Gasteiger partial charge < -0.3 is 23.2 Å². The number of benzene rings is 3. The zero-order valence-electron chi connectivity index (χ0n) is 24.5. The second-order valence-corrected chi connectivity index (χ2v) is 10.7. The topological polar surface area (TPSA) is 87.2 Å².